The van der Waals surface area contributed by atoms with Crippen LogP contribution in [0.3, 0.4) is 0 Å². The fourth-order valence-electron chi connectivity index (χ4n) is 1.64. The van der Waals surface area contributed by atoms with E-state index in [1.807, 2.05) is 6.07 Å². The second kappa shape index (κ2) is 4.84. The second-order valence-electron chi connectivity index (χ2n) is 4.36. The largest absolute Gasteiger partial charge is 0.381 e. The van der Waals surface area contributed by atoms with Gasteiger partial charge in [0.25, 0.3) is 0 Å². The summed E-state index contributed by atoms with van der Waals surface area (Å²) >= 11 is 3.49. The Hall–Kier alpha value is -0.780. The molecule has 0 amide bonds. The van der Waals surface area contributed by atoms with Crippen molar-refractivity contribution in [3.8, 4) is 0 Å². The third kappa shape index (κ3) is 3.34. The Morgan fingerprint density at radius 2 is 1.65 bits per heavy atom. The molecule has 2 aliphatic rings. The van der Waals surface area contributed by atoms with Crippen molar-refractivity contribution in [1.82, 2.24) is 0 Å². The lowest BCUT2D eigenvalue weighted by atomic mass is 10.2. The predicted molar refractivity (Wildman–Crippen MR) is 70.6 cm³/mol. The van der Waals surface area contributed by atoms with Crippen molar-refractivity contribution in [3.05, 3.63) is 22.7 Å². The molecular weight excluding hydrogens is 284 g/mol. The molecule has 2 fully saturated rings. The van der Waals surface area contributed by atoms with E-state index in [0.29, 0.717) is 12.2 Å². The fourth-order valence-corrected chi connectivity index (χ4v) is 2.00. The van der Waals surface area contributed by atoms with Gasteiger partial charge in [0.1, 0.15) is 0 Å². The Labute approximate surface area is 109 Å². The van der Waals surface area contributed by atoms with Crippen molar-refractivity contribution < 1.29 is 9.47 Å². The molecule has 2 N–H and O–H groups in total. The minimum atomic E-state index is 0.383. The van der Waals surface area contributed by atoms with Crippen LogP contribution in [-0.4, -0.2) is 38.5 Å². The van der Waals surface area contributed by atoms with E-state index in [1.54, 1.807) is 0 Å². The first kappa shape index (κ1) is 11.3. The Balaban J connectivity index is 1.64. The highest BCUT2D eigenvalue weighted by molar-refractivity contribution is 9.10. The molecule has 0 unspecified atom stereocenters. The summed E-state index contributed by atoms with van der Waals surface area (Å²) in [5.41, 5.74) is 2.22. The topological polar surface area (TPSA) is 49.1 Å². The van der Waals surface area contributed by atoms with Crippen molar-refractivity contribution >= 4 is 27.3 Å². The molecule has 3 rings (SSSR count). The van der Waals surface area contributed by atoms with Gasteiger partial charge in [0.15, 0.2) is 0 Å². The Morgan fingerprint density at radius 1 is 1.06 bits per heavy atom. The molecule has 2 heterocycles. The maximum absolute atomic E-state index is 5.19. The number of epoxide rings is 2. The van der Waals surface area contributed by atoms with Crippen molar-refractivity contribution in [2.75, 3.05) is 36.9 Å². The SMILES string of the molecule is Brc1ccc(NC[C@@H]2CO2)c(NC[C@@H]2CO2)c1. The molecule has 17 heavy (non-hydrogen) atoms. The molecule has 5 heteroatoms. The van der Waals surface area contributed by atoms with Crippen LogP contribution in [0, 0.1) is 0 Å². The average molecular weight is 299 g/mol. The lowest BCUT2D eigenvalue weighted by Gasteiger charge is -2.13. The molecule has 0 bridgehead atoms. The number of hydrogen-bond acceptors (Lipinski definition) is 4. The number of rotatable bonds is 6. The third-order valence-electron chi connectivity index (χ3n) is 2.83. The molecule has 0 radical (unpaired) electrons. The molecule has 0 spiro atoms. The van der Waals surface area contributed by atoms with Crippen LogP contribution in [0.5, 0.6) is 0 Å². The summed E-state index contributed by atoms with van der Waals surface area (Å²) in [5.74, 6) is 0. The van der Waals surface area contributed by atoms with E-state index >= 15 is 0 Å². The monoisotopic (exact) mass is 298 g/mol. The summed E-state index contributed by atoms with van der Waals surface area (Å²) in [4.78, 5) is 0. The van der Waals surface area contributed by atoms with Crippen LogP contribution in [-0.2, 0) is 9.47 Å². The first-order valence-electron chi connectivity index (χ1n) is 5.82. The quantitative estimate of drug-likeness (QED) is 0.790. The minimum absolute atomic E-state index is 0.383. The highest BCUT2D eigenvalue weighted by Crippen LogP contribution is 2.27. The van der Waals surface area contributed by atoms with Crippen LogP contribution in [0.15, 0.2) is 22.7 Å². The number of benzene rings is 1. The van der Waals surface area contributed by atoms with Gasteiger partial charge in [0.2, 0.25) is 0 Å². The molecule has 2 atom stereocenters. The van der Waals surface area contributed by atoms with Gasteiger partial charge in [0, 0.05) is 17.6 Å². The molecule has 2 aliphatic heterocycles. The molecule has 1 aromatic rings. The molecule has 92 valence electrons. The molecule has 0 aromatic heterocycles. The zero-order chi connectivity index (χ0) is 11.7. The standard InChI is InChI=1S/C12H15BrN2O2/c13-8-1-2-11(14-4-9-6-16-9)12(3-8)15-5-10-7-17-10/h1-3,9-10,14-15H,4-7H2/t9-,10-/m1/s1. The third-order valence-corrected chi connectivity index (χ3v) is 3.32. The summed E-state index contributed by atoms with van der Waals surface area (Å²) in [6.07, 6.45) is 0.770. The van der Waals surface area contributed by atoms with Gasteiger partial charge >= 0.3 is 0 Å². The zero-order valence-corrected chi connectivity index (χ0v) is 11.0. The number of anilines is 2. The number of hydrogen-bond donors (Lipinski definition) is 2. The summed E-state index contributed by atoms with van der Waals surface area (Å²) in [7, 11) is 0. The van der Waals surface area contributed by atoms with Crippen molar-refractivity contribution in [1.29, 1.82) is 0 Å². The fraction of sp³-hybridized carbons (Fsp3) is 0.500. The van der Waals surface area contributed by atoms with Crippen LogP contribution in [0.25, 0.3) is 0 Å². The van der Waals surface area contributed by atoms with Gasteiger partial charge in [-0.1, -0.05) is 15.9 Å². The van der Waals surface area contributed by atoms with Crippen LogP contribution >= 0.6 is 15.9 Å². The van der Waals surface area contributed by atoms with Crippen LogP contribution in [0.4, 0.5) is 11.4 Å². The van der Waals surface area contributed by atoms with Crippen molar-refractivity contribution in [3.63, 3.8) is 0 Å². The van der Waals surface area contributed by atoms with E-state index < -0.39 is 0 Å². The molecule has 0 saturated carbocycles. The summed E-state index contributed by atoms with van der Waals surface area (Å²) in [5, 5.41) is 6.80. The van der Waals surface area contributed by atoms with E-state index in [4.69, 9.17) is 9.47 Å². The lowest BCUT2D eigenvalue weighted by Crippen LogP contribution is -2.12. The maximum atomic E-state index is 5.19. The van der Waals surface area contributed by atoms with Crippen molar-refractivity contribution in [2.45, 2.75) is 12.2 Å². The normalized spacial score (nSPS) is 25.5. The highest BCUT2D eigenvalue weighted by Gasteiger charge is 2.23. The molecule has 0 aliphatic carbocycles. The molecule has 1 aromatic carbocycles. The minimum Gasteiger partial charge on any atom is -0.381 e. The smallest absolute Gasteiger partial charge is 0.0981 e. The Morgan fingerprint density at radius 3 is 2.24 bits per heavy atom. The molecular formula is C12H15BrN2O2. The van der Waals surface area contributed by atoms with Gasteiger partial charge in [-0.25, -0.2) is 0 Å². The van der Waals surface area contributed by atoms with E-state index in [2.05, 4.69) is 38.7 Å². The first-order valence-corrected chi connectivity index (χ1v) is 6.61. The average Bonchev–Trinajstić information content (AvgIpc) is 3.18. The highest BCUT2D eigenvalue weighted by atomic mass is 79.9. The predicted octanol–water partition coefficient (Wildman–Crippen LogP) is 2.07. The van der Waals surface area contributed by atoms with Gasteiger partial charge in [-0.2, -0.15) is 0 Å². The van der Waals surface area contributed by atoms with Gasteiger partial charge in [0.05, 0.1) is 36.8 Å². The zero-order valence-electron chi connectivity index (χ0n) is 9.41. The van der Waals surface area contributed by atoms with Crippen LogP contribution < -0.4 is 10.6 Å². The summed E-state index contributed by atoms with van der Waals surface area (Å²) < 4.78 is 11.5. The van der Waals surface area contributed by atoms with Gasteiger partial charge in [-0.05, 0) is 18.2 Å². The van der Waals surface area contributed by atoms with E-state index in [9.17, 15) is 0 Å². The van der Waals surface area contributed by atoms with Gasteiger partial charge in [-0.3, -0.25) is 0 Å². The second-order valence-corrected chi connectivity index (χ2v) is 5.28. The van der Waals surface area contributed by atoms with Gasteiger partial charge < -0.3 is 20.1 Å². The van der Waals surface area contributed by atoms with Crippen LogP contribution in [0.1, 0.15) is 0 Å². The van der Waals surface area contributed by atoms with E-state index in [-0.39, 0.29) is 0 Å². The number of nitrogens with one attached hydrogen (secondary N) is 2. The van der Waals surface area contributed by atoms with E-state index in [1.165, 1.54) is 0 Å². The Bertz CT molecular complexity index is 405. The molecule has 2 saturated heterocycles. The summed E-state index contributed by atoms with van der Waals surface area (Å²) in [6, 6.07) is 6.19. The molecule has 4 nitrogen and oxygen atoms in total. The van der Waals surface area contributed by atoms with E-state index in [0.717, 1.165) is 42.2 Å². The Kier molecular flexibility index (Phi) is 3.22. The van der Waals surface area contributed by atoms with Gasteiger partial charge in [-0.15, -0.1) is 0 Å². The van der Waals surface area contributed by atoms with Crippen molar-refractivity contribution in [2.24, 2.45) is 0 Å². The number of halogens is 1. The van der Waals surface area contributed by atoms with Crippen LogP contribution in [0.2, 0.25) is 0 Å². The maximum Gasteiger partial charge on any atom is 0.0981 e. The summed E-state index contributed by atoms with van der Waals surface area (Å²) in [6.45, 7) is 3.49. The first-order chi connectivity index (χ1) is 8.31. The lowest BCUT2D eigenvalue weighted by molar-refractivity contribution is 0.416. The number of ether oxygens (including phenoxy) is 2.